The van der Waals surface area contributed by atoms with Crippen LogP contribution in [0.1, 0.15) is 40.0 Å². The number of rotatable bonds is 8. The second kappa shape index (κ2) is 10.3. The van der Waals surface area contributed by atoms with Crippen LogP contribution in [-0.2, 0) is 9.59 Å². The van der Waals surface area contributed by atoms with Gasteiger partial charge in [0.1, 0.15) is 5.75 Å². The number of imide groups is 1. The molecule has 0 aliphatic carbocycles. The van der Waals surface area contributed by atoms with Gasteiger partial charge >= 0.3 is 0 Å². The van der Waals surface area contributed by atoms with E-state index >= 15 is 0 Å². The molecule has 172 valence electrons. The van der Waals surface area contributed by atoms with E-state index in [1.54, 1.807) is 34.1 Å². The number of para-hydroxylation sites is 1. The number of amides is 4. The predicted molar refractivity (Wildman–Crippen MR) is 121 cm³/mol. The van der Waals surface area contributed by atoms with Gasteiger partial charge in [0, 0.05) is 39.1 Å². The Kier molecular flexibility index (Phi) is 7.02. The Hall–Kier alpha value is -3.68. The van der Waals surface area contributed by atoms with E-state index in [1.807, 2.05) is 30.3 Å². The van der Waals surface area contributed by atoms with Crippen LogP contribution >= 0.6 is 0 Å². The third-order valence-corrected chi connectivity index (χ3v) is 5.96. The average Bonchev–Trinajstić information content (AvgIpc) is 3.09. The fraction of sp³-hybridized carbons (Fsp3) is 0.360. The van der Waals surface area contributed by atoms with Gasteiger partial charge in [-0.05, 0) is 30.7 Å². The Balaban J connectivity index is 1.15. The van der Waals surface area contributed by atoms with Crippen molar-refractivity contribution >= 4 is 23.6 Å². The van der Waals surface area contributed by atoms with Crippen LogP contribution in [0.25, 0.3) is 0 Å². The minimum Gasteiger partial charge on any atom is -0.493 e. The number of ether oxygens (including phenoxy) is 1. The standard InChI is InChI=1S/C25H27N3O5/c29-22(11-6-13-28-24(31)20-9-4-5-10-21(20)25(28)32)26-14-16-27(17-15-26)23(30)12-18-33-19-7-2-1-3-8-19/h1-5,7-10H,6,11-18H2. The molecule has 2 aliphatic rings. The highest BCUT2D eigenvalue weighted by atomic mass is 16.5. The number of hydrogen-bond donors (Lipinski definition) is 0. The van der Waals surface area contributed by atoms with Crippen molar-refractivity contribution < 1.29 is 23.9 Å². The van der Waals surface area contributed by atoms with Gasteiger partial charge in [0.15, 0.2) is 0 Å². The molecular formula is C25H27N3O5. The molecule has 2 aromatic carbocycles. The van der Waals surface area contributed by atoms with Crippen LogP contribution in [0.3, 0.4) is 0 Å². The molecule has 0 atom stereocenters. The van der Waals surface area contributed by atoms with Gasteiger partial charge in [-0.2, -0.15) is 0 Å². The molecule has 0 saturated carbocycles. The van der Waals surface area contributed by atoms with E-state index in [4.69, 9.17) is 4.74 Å². The molecule has 2 aliphatic heterocycles. The first-order valence-corrected chi connectivity index (χ1v) is 11.2. The molecule has 0 aromatic heterocycles. The number of nitrogens with zero attached hydrogens (tertiary/aromatic N) is 3. The third kappa shape index (κ3) is 5.22. The summed E-state index contributed by atoms with van der Waals surface area (Å²) in [6.45, 7) is 2.49. The van der Waals surface area contributed by atoms with Gasteiger partial charge in [0.2, 0.25) is 11.8 Å². The van der Waals surface area contributed by atoms with Crippen LogP contribution in [0.2, 0.25) is 0 Å². The van der Waals surface area contributed by atoms with Gasteiger partial charge in [-0.25, -0.2) is 0 Å². The molecule has 2 aromatic rings. The molecule has 8 nitrogen and oxygen atoms in total. The van der Waals surface area contributed by atoms with Crippen LogP contribution in [0.15, 0.2) is 54.6 Å². The van der Waals surface area contributed by atoms with Gasteiger partial charge in [-0.3, -0.25) is 24.1 Å². The van der Waals surface area contributed by atoms with E-state index in [-0.39, 0.29) is 36.6 Å². The topological polar surface area (TPSA) is 87.2 Å². The van der Waals surface area contributed by atoms with Gasteiger partial charge in [0.25, 0.3) is 11.8 Å². The number of carbonyl (C=O) groups is 4. The lowest BCUT2D eigenvalue weighted by Crippen LogP contribution is -2.50. The Labute approximate surface area is 192 Å². The Morgan fingerprint density at radius 2 is 1.24 bits per heavy atom. The monoisotopic (exact) mass is 449 g/mol. The third-order valence-electron chi connectivity index (χ3n) is 5.96. The number of fused-ring (bicyclic) bond motifs is 1. The molecule has 8 heteroatoms. The van der Waals surface area contributed by atoms with Crippen LogP contribution in [0, 0.1) is 0 Å². The number of benzene rings is 2. The number of hydrogen-bond acceptors (Lipinski definition) is 5. The molecule has 0 unspecified atom stereocenters. The fourth-order valence-corrected chi connectivity index (χ4v) is 4.13. The summed E-state index contributed by atoms with van der Waals surface area (Å²) in [6, 6.07) is 16.1. The highest BCUT2D eigenvalue weighted by molar-refractivity contribution is 6.21. The summed E-state index contributed by atoms with van der Waals surface area (Å²) in [6.07, 6.45) is 0.968. The molecule has 0 bridgehead atoms. The second-order valence-electron chi connectivity index (χ2n) is 8.08. The summed E-state index contributed by atoms with van der Waals surface area (Å²) in [5.41, 5.74) is 0.840. The molecule has 4 amide bonds. The SMILES string of the molecule is O=C(CCCN1C(=O)c2ccccc2C1=O)N1CCN(C(=O)CCOc2ccccc2)CC1. The van der Waals surface area contributed by atoms with Crippen molar-refractivity contribution in [1.82, 2.24) is 14.7 Å². The summed E-state index contributed by atoms with van der Waals surface area (Å²) >= 11 is 0. The molecule has 2 heterocycles. The molecule has 1 saturated heterocycles. The maximum Gasteiger partial charge on any atom is 0.261 e. The van der Waals surface area contributed by atoms with Crippen LogP contribution in [-0.4, -0.2) is 77.7 Å². The minimum absolute atomic E-state index is 0.0173. The lowest BCUT2D eigenvalue weighted by Gasteiger charge is -2.35. The minimum atomic E-state index is -0.300. The summed E-state index contributed by atoms with van der Waals surface area (Å²) in [5, 5.41) is 0. The zero-order valence-electron chi connectivity index (χ0n) is 18.4. The zero-order valence-corrected chi connectivity index (χ0v) is 18.4. The first kappa shape index (κ1) is 22.5. The summed E-state index contributed by atoms with van der Waals surface area (Å²) in [7, 11) is 0. The van der Waals surface area contributed by atoms with E-state index < -0.39 is 0 Å². The summed E-state index contributed by atoms with van der Waals surface area (Å²) in [4.78, 5) is 54.5. The lowest BCUT2D eigenvalue weighted by molar-refractivity contribution is -0.139. The maximum absolute atomic E-state index is 12.6. The van der Waals surface area contributed by atoms with Crippen molar-refractivity contribution in [3.05, 3.63) is 65.7 Å². The zero-order chi connectivity index (χ0) is 23.2. The lowest BCUT2D eigenvalue weighted by atomic mass is 10.1. The van der Waals surface area contributed by atoms with Gasteiger partial charge in [0.05, 0.1) is 24.2 Å². The quantitative estimate of drug-likeness (QED) is 0.577. The summed E-state index contributed by atoms with van der Waals surface area (Å²) < 4.78 is 5.59. The molecule has 0 spiro atoms. The maximum atomic E-state index is 12.6. The average molecular weight is 450 g/mol. The van der Waals surface area contributed by atoms with Crippen LogP contribution in [0.4, 0.5) is 0 Å². The van der Waals surface area contributed by atoms with E-state index in [9.17, 15) is 19.2 Å². The van der Waals surface area contributed by atoms with Crippen LogP contribution < -0.4 is 4.74 Å². The van der Waals surface area contributed by atoms with Gasteiger partial charge in [-0.1, -0.05) is 30.3 Å². The molecule has 33 heavy (non-hydrogen) atoms. The second-order valence-corrected chi connectivity index (χ2v) is 8.08. The van der Waals surface area contributed by atoms with Crippen molar-refractivity contribution in [1.29, 1.82) is 0 Å². The Morgan fingerprint density at radius 3 is 1.82 bits per heavy atom. The van der Waals surface area contributed by atoms with E-state index in [0.717, 1.165) is 5.75 Å². The molecule has 4 rings (SSSR count). The van der Waals surface area contributed by atoms with E-state index in [1.165, 1.54) is 4.90 Å². The van der Waals surface area contributed by atoms with Crippen molar-refractivity contribution in [2.75, 3.05) is 39.3 Å². The molecule has 0 N–H and O–H groups in total. The number of carbonyl (C=O) groups excluding carboxylic acids is 4. The van der Waals surface area contributed by atoms with Gasteiger partial charge < -0.3 is 14.5 Å². The first-order valence-electron chi connectivity index (χ1n) is 11.2. The van der Waals surface area contributed by atoms with Crippen molar-refractivity contribution in [2.45, 2.75) is 19.3 Å². The molecule has 1 fully saturated rings. The van der Waals surface area contributed by atoms with E-state index in [2.05, 4.69) is 0 Å². The predicted octanol–water partition coefficient (Wildman–Crippen LogP) is 2.20. The van der Waals surface area contributed by atoms with E-state index in [0.29, 0.717) is 56.8 Å². The van der Waals surface area contributed by atoms with Crippen LogP contribution in [0.5, 0.6) is 5.75 Å². The van der Waals surface area contributed by atoms with Crippen molar-refractivity contribution in [3.63, 3.8) is 0 Å². The normalized spacial score (nSPS) is 15.6. The van der Waals surface area contributed by atoms with Gasteiger partial charge in [-0.15, -0.1) is 0 Å². The highest BCUT2D eigenvalue weighted by Gasteiger charge is 2.34. The number of piperazine rings is 1. The Bertz CT molecular complexity index is 996. The highest BCUT2D eigenvalue weighted by Crippen LogP contribution is 2.22. The molecule has 0 radical (unpaired) electrons. The van der Waals surface area contributed by atoms with Crippen molar-refractivity contribution in [2.24, 2.45) is 0 Å². The largest absolute Gasteiger partial charge is 0.493 e. The summed E-state index contributed by atoms with van der Waals surface area (Å²) in [5.74, 6) is 0.134. The molecular weight excluding hydrogens is 422 g/mol. The Morgan fingerprint density at radius 1 is 0.727 bits per heavy atom. The smallest absolute Gasteiger partial charge is 0.261 e. The van der Waals surface area contributed by atoms with Crippen molar-refractivity contribution in [3.8, 4) is 5.75 Å². The first-order chi connectivity index (χ1) is 16.0. The fourth-order valence-electron chi connectivity index (χ4n) is 4.13.